The molecule has 3 unspecified atom stereocenters. The van der Waals surface area contributed by atoms with Gasteiger partial charge < -0.3 is 14.6 Å². The SMILES string of the molecule is CC(=O)OCC1=C2CC(C#N)(C#N)C3=C[C@@H]4CC5(CC5C4O)[C@@H]3C(COC(C)=O)=C2CC1=O. The van der Waals surface area contributed by atoms with E-state index in [1.54, 1.807) is 0 Å². The van der Waals surface area contributed by atoms with Gasteiger partial charge in [-0.15, -0.1) is 0 Å². The lowest BCUT2D eigenvalue weighted by Gasteiger charge is -2.38. The molecule has 2 saturated carbocycles. The zero-order valence-corrected chi connectivity index (χ0v) is 18.5. The van der Waals surface area contributed by atoms with Gasteiger partial charge in [-0.1, -0.05) is 6.08 Å². The molecule has 0 saturated heterocycles. The second-order valence-electron chi connectivity index (χ2n) is 9.88. The van der Waals surface area contributed by atoms with E-state index in [9.17, 15) is 30.0 Å². The van der Waals surface area contributed by atoms with Crippen LogP contribution in [-0.4, -0.2) is 42.1 Å². The fraction of sp³-hybridized carbons (Fsp3) is 0.560. The monoisotopic (exact) mass is 448 g/mol. The highest BCUT2D eigenvalue weighted by atomic mass is 16.5. The molecular formula is C25H24N2O6. The predicted molar refractivity (Wildman–Crippen MR) is 111 cm³/mol. The lowest BCUT2D eigenvalue weighted by atomic mass is 9.63. The number of ether oxygens (including phenoxy) is 2. The van der Waals surface area contributed by atoms with Crippen LogP contribution in [0.2, 0.25) is 0 Å². The molecule has 8 heteroatoms. The number of ketones is 1. The summed E-state index contributed by atoms with van der Waals surface area (Å²) in [4.78, 5) is 36.1. The first-order chi connectivity index (χ1) is 15.7. The van der Waals surface area contributed by atoms with Crippen molar-refractivity contribution in [1.82, 2.24) is 0 Å². The maximum Gasteiger partial charge on any atom is 0.302 e. The Kier molecular flexibility index (Phi) is 4.67. The van der Waals surface area contributed by atoms with Gasteiger partial charge >= 0.3 is 11.9 Å². The van der Waals surface area contributed by atoms with Gasteiger partial charge in [0, 0.05) is 44.1 Å². The van der Waals surface area contributed by atoms with Crippen molar-refractivity contribution in [2.75, 3.05) is 13.2 Å². The van der Waals surface area contributed by atoms with Crippen LogP contribution < -0.4 is 0 Å². The largest absolute Gasteiger partial charge is 0.461 e. The molecule has 5 aliphatic carbocycles. The Morgan fingerprint density at radius 3 is 2.42 bits per heavy atom. The van der Waals surface area contributed by atoms with E-state index >= 15 is 0 Å². The predicted octanol–water partition coefficient (Wildman–Crippen LogP) is 2.06. The zero-order chi connectivity index (χ0) is 23.7. The second kappa shape index (κ2) is 7.13. The van der Waals surface area contributed by atoms with Gasteiger partial charge in [-0.2, -0.15) is 10.5 Å². The molecule has 170 valence electrons. The number of Topliss-reactive ketones (excluding diaryl/α,β-unsaturated/α-hetero) is 1. The number of rotatable bonds is 4. The number of carbonyl (C=O) groups is 3. The van der Waals surface area contributed by atoms with Crippen LogP contribution in [0.15, 0.2) is 33.9 Å². The number of nitriles is 2. The molecule has 0 aromatic carbocycles. The maximum absolute atomic E-state index is 13.0. The lowest BCUT2D eigenvalue weighted by Crippen LogP contribution is -2.35. The Labute approximate surface area is 191 Å². The van der Waals surface area contributed by atoms with Crippen LogP contribution >= 0.6 is 0 Å². The van der Waals surface area contributed by atoms with Gasteiger partial charge in [-0.3, -0.25) is 14.4 Å². The standard InChI is InChI=1S/C25H24N2O6/c1-12(28)32-8-17-16-6-24(10-26,11-27)19-3-14-5-25(7-20(25)23(14)31)22(19)18(9-33-13(2)29)15(16)4-21(17)30/h3,14,20,22-23,31H,4-9H2,1-2H3/t14-,20?,22-,23?,25?/m1/s1. The molecule has 0 aromatic heterocycles. The van der Waals surface area contributed by atoms with Gasteiger partial charge in [-0.25, -0.2) is 0 Å². The summed E-state index contributed by atoms with van der Waals surface area (Å²) < 4.78 is 10.5. The molecule has 8 nitrogen and oxygen atoms in total. The molecule has 0 aromatic rings. The van der Waals surface area contributed by atoms with Crippen molar-refractivity contribution in [2.24, 2.45) is 28.6 Å². The highest BCUT2D eigenvalue weighted by Gasteiger charge is 2.72. The average Bonchev–Trinajstić information content (AvgIpc) is 3.35. The number of hydrogen-bond acceptors (Lipinski definition) is 8. The van der Waals surface area contributed by atoms with Gasteiger partial charge in [0.2, 0.25) is 0 Å². The van der Waals surface area contributed by atoms with Crippen LogP contribution in [0.5, 0.6) is 0 Å². The van der Waals surface area contributed by atoms with Crippen LogP contribution in [0.25, 0.3) is 0 Å². The van der Waals surface area contributed by atoms with Gasteiger partial charge in [0.15, 0.2) is 11.2 Å². The van der Waals surface area contributed by atoms with Crippen molar-refractivity contribution < 1.29 is 29.0 Å². The van der Waals surface area contributed by atoms with E-state index < -0.39 is 23.5 Å². The fourth-order valence-corrected chi connectivity index (χ4v) is 6.78. The molecule has 1 N–H and O–H groups in total. The molecule has 33 heavy (non-hydrogen) atoms. The summed E-state index contributed by atoms with van der Waals surface area (Å²) in [5.41, 5.74) is 1.09. The molecule has 0 aliphatic heterocycles. The minimum Gasteiger partial charge on any atom is -0.461 e. The molecule has 2 fully saturated rings. The molecule has 0 radical (unpaired) electrons. The van der Waals surface area contributed by atoms with Crippen LogP contribution in [0.4, 0.5) is 0 Å². The zero-order valence-electron chi connectivity index (χ0n) is 18.5. The average molecular weight is 448 g/mol. The first kappa shape index (κ1) is 21.6. The summed E-state index contributed by atoms with van der Waals surface area (Å²) in [6, 6.07) is 4.45. The van der Waals surface area contributed by atoms with Gasteiger partial charge in [0.05, 0.1) is 18.2 Å². The third kappa shape index (κ3) is 2.94. The molecule has 5 rings (SSSR count). The number of allylic oxidation sites excluding steroid dienone is 3. The van der Waals surface area contributed by atoms with E-state index in [-0.39, 0.29) is 55.0 Å². The highest BCUT2D eigenvalue weighted by Crippen LogP contribution is 2.76. The lowest BCUT2D eigenvalue weighted by molar-refractivity contribution is -0.141. The van der Waals surface area contributed by atoms with E-state index in [0.717, 1.165) is 18.4 Å². The van der Waals surface area contributed by atoms with Gasteiger partial charge in [-0.05, 0) is 46.5 Å². The van der Waals surface area contributed by atoms with E-state index in [4.69, 9.17) is 9.47 Å². The van der Waals surface area contributed by atoms with Crippen molar-refractivity contribution in [3.63, 3.8) is 0 Å². The normalized spacial score (nSPS) is 34.8. The van der Waals surface area contributed by atoms with Crippen molar-refractivity contribution in [3.8, 4) is 12.1 Å². The summed E-state index contributed by atoms with van der Waals surface area (Å²) in [6.07, 6.45) is 2.91. The summed E-state index contributed by atoms with van der Waals surface area (Å²) >= 11 is 0. The Hall–Kier alpha value is -3.23. The molecule has 5 atom stereocenters. The van der Waals surface area contributed by atoms with Crippen LogP contribution in [0.3, 0.4) is 0 Å². The number of fused-ring (bicyclic) bond motifs is 3. The van der Waals surface area contributed by atoms with E-state index in [0.29, 0.717) is 22.3 Å². The molecule has 0 amide bonds. The van der Waals surface area contributed by atoms with Crippen molar-refractivity contribution in [3.05, 3.63) is 33.9 Å². The first-order valence-electron chi connectivity index (χ1n) is 11.1. The fourth-order valence-electron chi connectivity index (χ4n) is 6.78. The number of aliphatic hydroxyl groups excluding tert-OH is 1. The van der Waals surface area contributed by atoms with Crippen molar-refractivity contribution in [2.45, 2.75) is 45.6 Å². The summed E-state index contributed by atoms with van der Waals surface area (Å²) in [7, 11) is 0. The van der Waals surface area contributed by atoms with E-state index in [2.05, 4.69) is 12.1 Å². The topological polar surface area (TPSA) is 137 Å². The van der Waals surface area contributed by atoms with Crippen LogP contribution in [-0.2, 0) is 23.9 Å². The van der Waals surface area contributed by atoms with Gasteiger partial charge in [0.25, 0.3) is 0 Å². The molecular weight excluding hydrogens is 424 g/mol. The number of aliphatic hydroxyl groups is 1. The van der Waals surface area contributed by atoms with Crippen molar-refractivity contribution >= 4 is 17.7 Å². The Morgan fingerprint density at radius 1 is 1.12 bits per heavy atom. The Morgan fingerprint density at radius 2 is 1.79 bits per heavy atom. The minimum atomic E-state index is -1.53. The number of hydrogen-bond donors (Lipinski definition) is 1. The number of nitrogens with zero attached hydrogens (tertiary/aromatic N) is 2. The Bertz CT molecular complexity index is 1160. The number of esters is 2. The van der Waals surface area contributed by atoms with Gasteiger partial charge in [0.1, 0.15) is 13.2 Å². The summed E-state index contributed by atoms with van der Waals surface area (Å²) in [5, 5.41) is 31.4. The first-order valence-corrected chi connectivity index (χ1v) is 11.1. The van der Waals surface area contributed by atoms with E-state index in [1.807, 2.05) is 6.08 Å². The highest BCUT2D eigenvalue weighted by molar-refractivity contribution is 6.03. The Balaban J connectivity index is 1.74. The third-order valence-corrected chi connectivity index (χ3v) is 8.23. The second-order valence-corrected chi connectivity index (χ2v) is 9.88. The molecule has 0 heterocycles. The molecule has 2 bridgehead atoms. The third-order valence-electron chi connectivity index (χ3n) is 8.23. The maximum atomic E-state index is 13.0. The van der Waals surface area contributed by atoms with Crippen molar-refractivity contribution in [1.29, 1.82) is 10.5 Å². The summed E-state index contributed by atoms with van der Waals surface area (Å²) in [5.74, 6) is -1.65. The number of carbonyl (C=O) groups excluding carboxylic acids is 3. The minimum absolute atomic E-state index is 0.00681. The smallest absolute Gasteiger partial charge is 0.302 e. The molecule has 1 spiro atoms. The van der Waals surface area contributed by atoms with Crippen LogP contribution in [0.1, 0.15) is 39.5 Å². The molecule has 5 aliphatic rings. The van der Waals surface area contributed by atoms with E-state index in [1.165, 1.54) is 13.8 Å². The van der Waals surface area contributed by atoms with Crippen LogP contribution in [0, 0.1) is 51.2 Å². The quantitative estimate of drug-likeness (QED) is 0.510. The summed E-state index contributed by atoms with van der Waals surface area (Å²) in [6.45, 7) is 2.29.